The number of benzene rings is 1. The van der Waals surface area contributed by atoms with E-state index in [-0.39, 0.29) is 17.5 Å². The molecule has 0 aliphatic carbocycles. The first-order chi connectivity index (χ1) is 13.7. The number of hydrogen-bond acceptors (Lipinski definition) is 3. The van der Waals surface area contributed by atoms with Crippen molar-refractivity contribution in [2.45, 2.75) is 33.7 Å². The molecular formula is C22H27N5O2. The van der Waals surface area contributed by atoms with Crippen LogP contribution in [0, 0.1) is 12.3 Å². The fourth-order valence-electron chi connectivity index (χ4n) is 3.25. The molecule has 0 fully saturated rings. The van der Waals surface area contributed by atoms with Crippen molar-refractivity contribution in [1.82, 2.24) is 25.0 Å². The molecule has 0 saturated heterocycles. The number of hydrogen-bond donors (Lipinski definition) is 2. The highest BCUT2D eigenvalue weighted by atomic mass is 16.2. The van der Waals surface area contributed by atoms with Crippen molar-refractivity contribution in [2.24, 2.45) is 5.41 Å². The Morgan fingerprint density at radius 1 is 1.03 bits per heavy atom. The van der Waals surface area contributed by atoms with E-state index in [0.29, 0.717) is 0 Å². The smallest absolute Gasteiger partial charge is 0.272 e. The van der Waals surface area contributed by atoms with Crippen LogP contribution in [0.5, 0.6) is 0 Å². The van der Waals surface area contributed by atoms with E-state index in [1.165, 1.54) is 0 Å². The van der Waals surface area contributed by atoms with Gasteiger partial charge in [-0.05, 0) is 36.6 Å². The molecule has 0 unspecified atom stereocenters. The molecule has 0 spiro atoms. The number of aromatic nitrogens is 3. The number of likely N-dealkylation sites (N-methyl/N-ethyl adjacent to an activating group) is 1. The molecule has 1 aromatic carbocycles. The summed E-state index contributed by atoms with van der Waals surface area (Å²) in [5.74, 6) is 0.157. The van der Waals surface area contributed by atoms with Gasteiger partial charge in [-0.25, -0.2) is 4.68 Å². The number of carbonyl (C=O) groups is 2. The Morgan fingerprint density at radius 3 is 2.21 bits per heavy atom. The van der Waals surface area contributed by atoms with Crippen molar-refractivity contribution in [1.29, 1.82) is 0 Å². The van der Waals surface area contributed by atoms with Gasteiger partial charge in [0.05, 0.1) is 5.69 Å². The minimum Gasteiger partial charge on any atom is -0.357 e. The van der Waals surface area contributed by atoms with E-state index in [9.17, 15) is 9.59 Å². The highest BCUT2D eigenvalue weighted by molar-refractivity contribution is 5.98. The van der Waals surface area contributed by atoms with Gasteiger partial charge in [0.25, 0.3) is 5.91 Å². The molecule has 3 aromatic rings. The molecule has 2 heterocycles. The zero-order chi connectivity index (χ0) is 21.2. The maximum atomic E-state index is 13.1. The Labute approximate surface area is 170 Å². The number of rotatable bonds is 5. The van der Waals surface area contributed by atoms with Gasteiger partial charge in [0.2, 0.25) is 5.91 Å². The quantitative estimate of drug-likeness (QED) is 0.699. The lowest BCUT2D eigenvalue weighted by Crippen LogP contribution is -2.53. The van der Waals surface area contributed by atoms with E-state index < -0.39 is 11.5 Å². The Morgan fingerprint density at radius 2 is 1.66 bits per heavy atom. The summed E-state index contributed by atoms with van der Waals surface area (Å²) in [6, 6.07) is 12.8. The second kappa shape index (κ2) is 7.95. The molecule has 1 atom stereocenters. The van der Waals surface area contributed by atoms with Gasteiger partial charge < -0.3 is 15.2 Å². The van der Waals surface area contributed by atoms with Gasteiger partial charge in [-0.3, -0.25) is 9.59 Å². The average Bonchev–Trinajstić information content (AvgIpc) is 3.32. The van der Waals surface area contributed by atoms with Crippen LogP contribution in [0.4, 0.5) is 0 Å². The highest BCUT2D eigenvalue weighted by Gasteiger charge is 2.34. The van der Waals surface area contributed by atoms with Crippen LogP contribution in [-0.4, -0.2) is 39.3 Å². The van der Waals surface area contributed by atoms with Gasteiger partial charge in [0.15, 0.2) is 5.69 Å². The third-order valence-corrected chi connectivity index (χ3v) is 4.81. The summed E-state index contributed by atoms with van der Waals surface area (Å²) in [6.45, 7) is 7.60. The molecule has 7 heteroatoms. The van der Waals surface area contributed by atoms with E-state index in [1.54, 1.807) is 11.7 Å². The van der Waals surface area contributed by atoms with Crippen LogP contribution >= 0.6 is 0 Å². The number of nitrogens with zero attached hydrogens (tertiary/aromatic N) is 3. The van der Waals surface area contributed by atoms with Crippen molar-refractivity contribution in [3.63, 3.8) is 0 Å². The molecule has 152 valence electrons. The Hall–Kier alpha value is -3.35. The van der Waals surface area contributed by atoms with Crippen LogP contribution in [0.2, 0.25) is 0 Å². The summed E-state index contributed by atoms with van der Waals surface area (Å²) in [5, 5.41) is 10.1. The van der Waals surface area contributed by atoms with Crippen molar-refractivity contribution in [2.75, 3.05) is 7.05 Å². The molecule has 7 nitrogen and oxygen atoms in total. The summed E-state index contributed by atoms with van der Waals surface area (Å²) in [7, 11) is 1.56. The Balaban J connectivity index is 2.06. The molecule has 0 aliphatic rings. The zero-order valence-electron chi connectivity index (χ0n) is 17.4. The fourth-order valence-corrected chi connectivity index (χ4v) is 3.25. The molecule has 0 radical (unpaired) electrons. The SMILES string of the molecule is CNC(=O)[C@@H](NC(=O)c1nn(-c2ccccc2)c(-n2cccc2)c1C)C(C)(C)C. The van der Waals surface area contributed by atoms with Gasteiger partial charge in [-0.1, -0.05) is 39.0 Å². The second-order valence-electron chi connectivity index (χ2n) is 8.02. The first-order valence-electron chi connectivity index (χ1n) is 9.55. The van der Waals surface area contributed by atoms with Crippen LogP contribution in [0.25, 0.3) is 11.5 Å². The Kier molecular flexibility index (Phi) is 5.59. The van der Waals surface area contributed by atoms with Crippen LogP contribution in [0.3, 0.4) is 0 Å². The summed E-state index contributed by atoms with van der Waals surface area (Å²) < 4.78 is 3.67. The monoisotopic (exact) mass is 393 g/mol. The van der Waals surface area contributed by atoms with Gasteiger partial charge in [-0.15, -0.1) is 0 Å². The molecular weight excluding hydrogens is 366 g/mol. The van der Waals surface area contributed by atoms with Gasteiger partial charge in [-0.2, -0.15) is 5.10 Å². The third kappa shape index (κ3) is 4.08. The van der Waals surface area contributed by atoms with Gasteiger partial charge >= 0.3 is 0 Å². The minimum absolute atomic E-state index is 0.239. The largest absolute Gasteiger partial charge is 0.357 e. The van der Waals surface area contributed by atoms with Gasteiger partial charge in [0, 0.05) is 25.0 Å². The summed E-state index contributed by atoms with van der Waals surface area (Å²) >= 11 is 0. The van der Waals surface area contributed by atoms with Gasteiger partial charge in [0.1, 0.15) is 11.9 Å². The summed E-state index contributed by atoms with van der Waals surface area (Å²) in [6.07, 6.45) is 3.82. The standard InChI is InChI=1S/C22H27N5O2/c1-15-17(19(28)24-18(20(29)23-5)22(2,3)4)25-27(16-11-7-6-8-12-16)21(15)26-13-9-10-14-26/h6-14,18H,1-5H3,(H,23,29)(H,24,28)/t18-/m1/s1. The van der Waals surface area contributed by atoms with E-state index in [0.717, 1.165) is 17.1 Å². The van der Waals surface area contributed by atoms with Crippen molar-refractivity contribution in [3.8, 4) is 11.5 Å². The number of carbonyl (C=O) groups excluding carboxylic acids is 2. The lowest BCUT2D eigenvalue weighted by atomic mass is 9.86. The Bertz CT molecular complexity index is 998. The van der Waals surface area contributed by atoms with E-state index >= 15 is 0 Å². The molecule has 0 aliphatic heterocycles. The maximum Gasteiger partial charge on any atom is 0.272 e. The molecule has 2 N–H and O–H groups in total. The topological polar surface area (TPSA) is 81.0 Å². The number of amides is 2. The van der Waals surface area contributed by atoms with Crippen LogP contribution in [-0.2, 0) is 4.79 Å². The summed E-state index contributed by atoms with van der Waals surface area (Å²) in [5.41, 5.74) is 1.41. The molecule has 0 saturated carbocycles. The average molecular weight is 393 g/mol. The van der Waals surface area contributed by atoms with Crippen LogP contribution in [0.15, 0.2) is 54.9 Å². The van der Waals surface area contributed by atoms with E-state index in [1.807, 2.05) is 87.1 Å². The highest BCUT2D eigenvalue weighted by Crippen LogP contribution is 2.24. The number of para-hydroxylation sites is 1. The lowest BCUT2D eigenvalue weighted by molar-refractivity contribution is -0.124. The summed E-state index contributed by atoms with van der Waals surface area (Å²) in [4.78, 5) is 25.5. The normalized spacial score (nSPS) is 12.4. The zero-order valence-corrected chi connectivity index (χ0v) is 17.4. The third-order valence-electron chi connectivity index (χ3n) is 4.81. The van der Waals surface area contributed by atoms with E-state index in [2.05, 4.69) is 15.7 Å². The minimum atomic E-state index is -0.684. The lowest BCUT2D eigenvalue weighted by Gasteiger charge is -2.29. The van der Waals surface area contributed by atoms with E-state index in [4.69, 9.17) is 0 Å². The first kappa shape index (κ1) is 20.4. The van der Waals surface area contributed by atoms with Crippen molar-refractivity contribution in [3.05, 3.63) is 66.1 Å². The molecule has 0 bridgehead atoms. The second-order valence-corrected chi connectivity index (χ2v) is 8.02. The van der Waals surface area contributed by atoms with Crippen LogP contribution in [0.1, 0.15) is 36.8 Å². The molecule has 29 heavy (non-hydrogen) atoms. The molecule has 3 rings (SSSR count). The fraction of sp³-hybridized carbons (Fsp3) is 0.318. The first-order valence-corrected chi connectivity index (χ1v) is 9.55. The molecule has 2 aromatic heterocycles. The maximum absolute atomic E-state index is 13.1. The van der Waals surface area contributed by atoms with Crippen molar-refractivity contribution >= 4 is 11.8 Å². The van der Waals surface area contributed by atoms with Crippen LogP contribution < -0.4 is 10.6 Å². The predicted octanol–water partition coefficient (Wildman–Crippen LogP) is 2.86. The number of nitrogens with one attached hydrogen (secondary N) is 2. The molecule has 2 amide bonds. The predicted molar refractivity (Wildman–Crippen MR) is 112 cm³/mol. The van der Waals surface area contributed by atoms with Crippen molar-refractivity contribution < 1.29 is 9.59 Å².